The van der Waals surface area contributed by atoms with E-state index in [1.807, 2.05) is 6.07 Å². The van der Waals surface area contributed by atoms with Gasteiger partial charge in [-0.15, -0.1) is 0 Å². The lowest BCUT2D eigenvalue weighted by molar-refractivity contribution is -0.139. The minimum atomic E-state index is -0.793. The number of allylic oxidation sites excluding steroid dienone is 2. The van der Waals surface area contributed by atoms with Crippen LogP contribution in [0.25, 0.3) is 10.8 Å². The van der Waals surface area contributed by atoms with Crippen molar-refractivity contribution in [2.45, 2.75) is 19.8 Å². The van der Waals surface area contributed by atoms with Gasteiger partial charge in [0.25, 0.3) is 0 Å². The fourth-order valence-electron chi connectivity index (χ4n) is 3.21. The SMILES string of the molecule is CCOC(=O)C1=C(C)OC(N)=C(C#N)C1c1cccc2c(F)cccc12. The minimum Gasteiger partial charge on any atom is -0.463 e. The van der Waals surface area contributed by atoms with Gasteiger partial charge < -0.3 is 15.2 Å². The van der Waals surface area contributed by atoms with Gasteiger partial charge in [-0.05, 0) is 30.9 Å². The normalized spacial score (nSPS) is 17.1. The average molecular weight is 352 g/mol. The molecule has 1 atom stereocenters. The molecule has 0 amide bonds. The Morgan fingerprint density at radius 1 is 1.31 bits per heavy atom. The number of carbonyl (C=O) groups excluding carboxylic acids is 1. The van der Waals surface area contributed by atoms with Crippen LogP contribution in [0.4, 0.5) is 4.39 Å². The van der Waals surface area contributed by atoms with Crippen molar-refractivity contribution in [2.75, 3.05) is 6.61 Å². The molecule has 2 N–H and O–H groups in total. The van der Waals surface area contributed by atoms with Gasteiger partial charge in [0.15, 0.2) is 0 Å². The molecule has 3 rings (SSSR count). The minimum absolute atomic E-state index is 0.0727. The third-order valence-electron chi connectivity index (χ3n) is 4.31. The van der Waals surface area contributed by atoms with E-state index >= 15 is 0 Å². The van der Waals surface area contributed by atoms with E-state index in [1.54, 1.807) is 44.2 Å². The standard InChI is InChI=1S/C20H17FN2O3/c1-3-25-20(24)17-11(2)26-19(23)15(10-22)18(17)14-8-4-7-13-12(14)6-5-9-16(13)21/h4-9,18H,3,23H2,1-2H3. The summed E-state index contributed by atoms with van der Waals surface area (Å²) in [7, 11) is 0. The van der Waals surface area contributed by atoms with Crippen molar-refractivity contribution in [3.8, 4) is 6.07 Å². The quantitative estimate of drug-likeness (QED) is 0.853. The highest BCUT2D eigenvalue weighted by Crippen LogP contribution is 2.42. The fraction of sp³-hybridized carbons (Fsp3) is 0.200. The molecule has 0 radical (unpaired) electrons. The average Bonchev–Trinajstić information content (AvgIpc) is 2.61. The molecular formula is C20H17FN2O3. The molecule has 0 spiro atoms. The van der Waals surface area contributed by atoms with Crippen LogP contribution in [-0.2, 0) is 14.3 Å². The summed E-state index contributed by atoms with van der Waals surface area (Å²) in [6, 6.07) is 11.8. The maximum atomic E-state index is 14.2. The lowest BCUT2D eigenvalue weighted by atomic mass is 9.81. The lowest BCUT2D eigenvalue weighted by Crippen LogP contribution is -2.25. The molecule has 2 aromatic rings. The van der Waals surface area contributed by atoms with Crippen LogP contribution in [-0.4, -0.2) is 12.6 Å². The van der Waals surface area contributed by atoms with Crippen molar-refractivity contribution in [3.05, 3.63) is 70.6 Å². The Labute approximate surface area is 150 Å². The molecular weight excluding hydrogens is 335 g/mol. The Hall–Kier alpha value is -3.33. The maximum absolute atomic E-state index is 14.2. The Morgan fingerprint density at radius 2 is 2.00 bits per heavy atom. The fourth-order valence-corrected chi connectivity index (χ4v) is 3.21. The highest BCUT2D eigenvalue weighted by molar-refractivity contribution is 5.95. The van der Waals surface area contributed by atoms with Crippen LogP contribution < -0.4 is 5.73 Å². The van der Waals surface area contributed by atoms with E-state index < -0.39 is 11.9 Å². The van der Waals surface area contributed by atoms with Gasteiger partial charge in [-0.1, -0.05) is 30.3 Å². The summed E-state index contributed by atoms with van der Waals surface area (Å²) in [6.45, 7) is 3.45. The molecule has 1 heterocycles. The second-order valence-electron chi connectivity index (χ2n) is 5.80. The molecule has 0 aliphatic carbocycles. The predicted octanol–water partition coefficient (Wildman–Crippen LogP) is 3.62. The van der Waals surface area contributed by atoms with Crippen molar-refractivity contribution in [1.82, 2.24) is 0 Å². The third-order valence-corrected chi connectivity index (χ3v) is 4.31. The molecule has 0 aromatic heterocycles. The number of hydrogen-bond acceptors (Lipinski definition) is 5. The molecule has 1 aliphatic rings. The first-order chi connectivity index (χ1) is 12.5. The topological polar surface area (TPSA) is 85.3 Å². The Morgan fingerprint density at radius 3 is 2.69 bits per heavy atom. The van der Waals surface area contributed by atoms with Crippen molar-refractivity contribution >= 4 is 16.7 Å². The number of rotatable bonds is 3. The summed E-state index contributed by atoms with van der Waals surface area (Å²) >= 11 is 0. The van der Waals surface area contributed by atoms with Crippen LogP contribution in [0.2, 0.25) is 0 Å². The number of nitrogens with two attached hydrogens (primary N) is 1. The molecule has 26 heavy (non-hydrogen) atoms. The number of esters is 1. The van der Waals surface area contributed by atoms with E-state index in [0.29, 0.717) is 16.3 Å². The number of fused-ring (bicyclic) bond motifs is 1. The number of benzene rings is 2. The molecule has 1 aliphatic heterocycles. The first-order valence-electron chi connectivity index (χ1n) is 8.12. The van der Waals surface area contributed by atoms with Gasteiger partial charge in [0.2, 0.25) is 5.88 Å². The van der Waals surface area contributed by atoms with Crippen molar-refractivity contribution in [3.63, 3.8) is 0 Å². The number of nitriles is 1. The maximum Gasteiger partial charge on any atom is 0.338 e. The Balaban J connectivity index is 2.31. The van der Waals surface area contributed by atoms with E-state index in [1.165, 1.54) is 6.07 Å². The smallest absolute Gasteiger partial charge is 0.338 e. The third kappa shape index (κ3) is 2.78. The molecule has 6 heteroatoms. The monoisotopic (exact) mass is 352 g/mol. The zero-order chi connectivity index (χ0) is 18.8. The second-order valence-corrected chi connectivity index (χ2v) is 5.80. The molecule has 0 saturated carbocycles. The van der Waals surface area contributed by atoms with Crippen LogP contribution in [0.5, 0.6) is 0 Å². The number of ether oxygens (including phenoxy) is 2. The van der Waals surface area contributed by atoms with Crippen LogP contribution in [0.15, 0.2) is 59.2 Å². The first-order valence-corrected chi connectivity index (χ1v) is 8.12. The summed E-state index contributed by atoms with van der Waals surface area (Å²) < 4.78 is 24.8. The lowest BCUT2D eigenvalue weighted by Gasteiger charge is -2.27. The second kappa shape index (κ2) is 6.89. The molecule has 5 nitrogen and oxygen atoms in total. The van der Waals surface area contributed by atoms with Crippen LogP contribution >= 0.6 is 0 Å². The van der Waals surface area contributed by atoms with Gasteiger partial charge in [0.05, 0.1) is 18.1 Å². The molecule has 2 aromatic carbocycles. The van der Waals surface area contributed by atoms with Gasteiger partial charge >= 0.3 is 5.97 Å². The summed E-state index contributed by atoms with van der Waals surface area (Å²) in [5.41, 5.74) is 6.76. The van der Waals surface area contributed by atoms with Crippen molar-refractivity contribution in [2.24, 2.45) is 5.73 Å². The molecule has 0 saturated heterocycles. The number of hydrogen-bond donors (Lipinski definition) is 1. The van der Waals surface area contributed by atoms with Crippen molar-refractivity contribution in [1.29, 1.82) is 5.26 Å². The van der Waals surface area contributed by atoms with Gasteiger partial charge in [-0.2, -0.15) is 5.26 Å². The van der Waals surface area contributed by atoms with E-state index in [9.17, 15) is 14.4 Å². The first kappa shape index (κ1) is 17.5. The summed E-state index contributed by atoms with van der Waals surface area (Å²) in [5.74, 6) is -1.58. The van der Waals surface area contributed by atoms with E-state index in [2.05, 4.69) is 0 Å². The summed E-state index contributed by atoms with van der Waals surface area (Å²) in [5, 5.41) is 10.6. The summed E-state index contributed by atoms with van der Waals surface area (Å²) in [6.07, 6.45) is 0. The number of halogens is 1. The van der Waals surface area contributed by atoms with Gasteiger partial charge in [-0.3, -0.25) is 0 Å². The zero-order valence-corrected chi connectivity index (χ0v) is 14.4. The zero-order valence-electron chi connectivity index (χ0n) is 14.4. The van der Waals surface area contributed by atoms with Crippen LogP contribution in [0.1, 0.15) is 25.3 Å². The van der Waals surface area contributed by atoms with Crippen molar-refractivity contribution < 1.29 is 18.7 Å². The van der Waals surface area contributed by atoms with E-state index in [0.717, 1.165) is 0 Å². The number of carbonyl (C=O) groups is 1. The van der Waals surface area contributed by atoms with E-state index in [-0.39, 0.29) is 35.2 Å². The highest BCUT2D eigenvalue weighted by Gasteiger charge is 2.37. The van der Waals surface area contributed by atoms with Gasteiger partial charge in [0, 0.05) is 5.39 Å². The van der Waals surface area contributed by atoms with Gasteiger partial charge in [-0.25, -0.2) is 9.18 Å². The van der Waals surface area contributed by atoms with E-state index in [4.69, 9.17) is 15.2 Å². The Kier molecular flexibility index (Phi) is 4.63. The summed E-state index contributed by atoms with van der Waals surface area (Å²) in [4.78, 5) is 12.6. The molecule has 0 bridgehead atoms. The van der Waals surface area contributed by atoms with Crippen LogP contribution in [0.3, 0.4) is 0 Å². The Bertz CT molecular complexity index is 1000. The molecule has 1 unspecified atom stereocenters. The predicted molar refractivity (Wildman–Crippen MR) is 93.9 cm³/mol. The molecule has 0 fully saturated rings. The largest absolute Gasteiger partial charge is 0.463 e. The van der Waals surface area contributed by atoms with Gasteiger partial charge in [0.1, 0.15) is 23.2 Å². The molecule has 132 valence electrons. The van der Waals surface area contributed by atoms with Crippen LogP contribution in [0, 0.1) is 17.1 Å². The number of nitrogens with zero attached hydrogens (tertiary/aromatic N) is 1. The highest BCUT2D eigenvalue weighted by atomic mass is 19.1.